The molecule has 2 N–H and O–H groups in total. The van der Waals surface area contributed by atoms with Crippen LogP contribution in [-0.4, -0.2) is 29.4 Å². The van der Waals surface area contributed by atoms with Crippen LogP contribution in [-0.2, 0) is 10.3 Å². The van der Waals surface area contributed by atoms with Crippen LogP contribution in [0.3, 0.4) is 0 Å². The van der Waals surface area contributed by atoms with Gasteiger partial charge in [0.2, 0.25) is 5.76 Å². The molecule has 14 heavy (non-hydrogen) atoms. The lowest BCUT2D eigenvalue weighted by molar-refractivity contribution is 0.00329. The first kappa shape index (κ1) is 9.23. The molecule has 1 aliphatic heterocycles. The molecule has 5 heteroatoms. The summed E-state index contributed by atoms with van der Waals surface area (Å²) in [6, 6.07) is 2.80. The SMILES string of the molecule is O=C(O)c1ccc(C2(O)CCOC2)o1. The van der Waals surface area contributed by atoms with Gasteiger partial charge in [0, 0.05) is 6.42 Å². The summed E-state index contributed by atoms with van der Waals surface area (Å²) in [5.41, 5.74) is -1.16. The van der Waals surface area contributed by atoms with Gasteiger partial charge < -0.3 is 19.4 Å². The molecule has 0 radical (unpaired) electrons. The molecule has 0 aromatic carbocycles. The fraction of sp³-hybridized carbons (Fsp3) is 0.444. The minimum absolute atomic E-state index is 0.152. The Morgan fingerprint density at radius 1 is 1.50 bits per heavy atom. The van der Waals surface area contributed by atoms with E-state index in [2.05, 4.69) is 0 Å². The average molecular weight is 198 g/mol. The van der Waals surface area contributed by atoms with Gasteiger partial charge >= 0.3 is 5.97 Å². The second-order valence-electron chi connectivity index (χ2n) is 3.30. The van der Waals surface area contributed by atoms with E-state index in [1.807, 2.05) is 0 Å². The van der Waals surface area contributed by atoms with Gasteiger partial charge in [-0.2, -0.15) is 0 Å². The molecule has 0 amide bonds. The Morgan fingerprint density at radius 2 is 2.29 bits per heavy atom. The zero-order valence-electron chi connectivity index (χ0n) is 7.40. The maximum Gasteiger partial charge on any atom is 0.371 e. The van der Waals surface area contributed by atoms with E-state index in [1.54, 1.807) is 0 Å². The number of hydrogen-bond donors (Lipinski definition) is 2. The molecule has 1 aromatic heterocycles. The predicted octanol–water partition coefficient (Wildman–Crippen LogP) is 0.586. The second-order valence-corrected chi connectivity index (χ2v) is 3.30. The Labute approximate surface area is 79.9 Å². The van der Waals surface area contributed by atoms with Crippen molar-refractivity contribution in [3.8, 4) is 0 Å². The summed E-state index contributed by atoms with van der Waals surface area (Å²) in [6.45, 7) is 0.610. The van der Waals surface area contributed by atoms with Crippen molar-refractivity contribution in [3.63, 3.8) is 0 Å². The van der Waals surface area contributed by atoms with Crippen LogP contribution in [0, 0.1) is 0 Å². The van der Waals surface area contributed by atoms with Crippen LogP contribution in [0.5, 0.6) is 0 Å². The van der Waals surface area contributed by atoms with E-state index < -0.39 is 11.6 Å². The van der Waals surface area contributed by atoms with Crippen molar-refractivity contribution in [1.29, 1.82) is 0 Å². The van der Waals surface area contributed by atoms with Crippen LogP contribution in [0.1, 0.15) is 22.7 Å². The van der Waals surface area contributed by atoms with Gasteiger partial charge in [0.25, 0.3) is 0 Å². The number of aliphatic hydroxyl groups is 1. The van der Waals surface area contributed by atoms with Crippen molar-refractivity contribution in [2.75, 3.05) is 13.2 Å². The number of hydrogen-bond acceptors (Lipinski definition) is 4. The minimum atomic E-state index is -1.16. The zero-order chi connectivity index (χ0) is 10.2. The van der Waals surface area contributed by atoms with Crippen molar-refractivity contribution in [2.24, 2.45) is 0 Å². The van der Waals surface area contributed by atoms with Gasteiger partial charge in [0.05, 0.1) is 13.2 Å². The third-order valence-corrected chi connectivity index (χ3v) is 2.28. The highest BCUT2D eigenvalue weighted by molar-refractivity contribution is 5.84. The number of ether oxygens (including phenoxy) is 1. The van der Waals surface area contributed by atoms with Gasteiger partial charge in [-0.15, -0.1) is 0 Å². The minimum Gasteiger partial charge on any atom is -0.475 e. The van der Waals surface area contributed by atoms with Crippen LogP contribution in [0.4, 0.5) is 0 Å². The number of carbonyl (C=O) groups is 1. The summed E-state index contributed by atoms with van der Waals surface area (Å²) in [5.74, 6) is -1.05. The first-order valence-electron chi connectivity index (χ1n) is 4.25. The summed E-state index contributed by atoms with van der Waals surface area (Å²) >= 11 is 0. The highest BCUT2D eigenvalue weighted by Gasteiger charge is 2.37. The molecule has 0 spiro atoms. The number of aromatic carboxylic acids is 1. The van der Waals surface area contributed by atoms with E-state index in [-0.39, 0.29) is 18.1 Å². The topological polar surface area (TPSA) is 79.9 Å². The molecule has 0 bridgehead atoms. The molecule has 1 unspecified atom stereocenters. The van der Waals surface area contributed by atoms with Gasteiger partial charge in [-0.1, -0.05) is 0 Å². The summed E-state index contributed by atoms with van der Waals surface area (Å²) in [5, 5.41) is 18.6. The molecule has 76 valence electrons. The average Bonchev–Trinajstić information content (AvgIpc) is 2.71. The second kappa shape index (κ2) is 3.11. The van der Waals surface area contributed by atoms with E-state index >= 15 is 0 Å². The van der Waals surface area contributed by atoms with Crippen LogP contribution >= 0.6 is 0 Å². The third kappa shape index (κ3) is 1.40. The predicted molar refractivity (Wildman–Crippen MR) is 45.0 cm³/mol. The van der Waals surface area contributed by atoms with E-state index in [0.29, 0.717) is 13.0 Å². The van der Waals surface area contributed by atoms with Crippen molar-refractivity contribution in [3.05, 3.63) is 23.7 Å². The smallest absolute Gasteiger partial charge is 0.371 e. The highest BCUT2D eigenvalue weighted by atomic mass is 16.5. The first-order chi connectivity index (χ1) is 6.62. The lowest BCUT2D eigenvalue weighted by Crippen LogP contribution is -2.24. The molecule has 1 aromatic rings. The molecule has 1 atom stereocenters. The van der Waals surface area contributed by atoms with Crippen LogP contribution in [0.2, 0.25) is 0 Å². The summed E-state index contributed by atoms with van der Waals surface area (Å²) in [7, 11) is 0. The Kier molecular flexibility index (Phi) is 2.05. The van der Waals surface area contributed by atoms with Crippen LogP contribution in [0.25, 0.3) is 0 Å². The highest BCUT2D eigenvalue weighted by Crippen LogP contribution is 2.31. The summed E-state index contributed by atoms with van der Waals surface area (Å²) < 4.78 is 10.0. The maximum atomic E-state index is 10.5. The van der Waals surface area contributed by atoms with E-state index in [4.69, 9.17) is 14.3 Å². The van der Waals surface area contributed by atoms with Crippen LogP contribution < -0.4 is 0 Å². The van der Waals surface area contributed by atoms with Crippen LogP contribution in [0.15, 0.2) is 16.5 Å². The normalized spacial score (nSPS) is 26.6. The molecule has 1 aliphatic rings. The number of rotatable bonds is 2. The van der Waals surface area contributed by atoms with Crippen molar-refractivity contribution in [2.45, 2.75) is 12.0 Å². The molecule has 0 saturated carbocycles. The Balaban J connectivity index is 2.28. The number of carboxylic acids is 1. The quantitative estimate of drug-likeness (QED) is 0.726. The molecule has 0 aliphatic carbocycles. The number of furan rings is 1. The molecule has 5 nitrogen and oxygen atoms in total. The van der Waals surface area contributed by atoms with Gasteiger partial charge in [-0.3, -0.25) is 0 Å². The van der Waals surface area contributed by atoms with E-state index in [0.717, 1.165) is 0 Å². The molecule has 2 rings (SSSR count). The molecule has 1 fully saturated rings. The Hall–Kier alpha value is -1.33. The van der Waals surface area contributed by atoms with Crippen molar-refractivity contribution < 1.29 is 24.2 Å². The fourth-order valence-corrected chi connectivity index (χ4v) is 1.45. The lowest BCUT2D eigenvalue weighted by atomic mass is 10.0. The van der Waals surface area contributed by atoms with E-state index in [1.165, 1.54) is 12.1 Å². The number of carboxylic acid groups (broad SMARTS) is 1. The maximum absolute atomic E-state index is 10.5. The first-order valence-corrected chi connectivity index (χ1v) is 4.25. The monoisotopic (exact) mass is 198 g/mol. The standard InChI is InChI=1S/C9H10O5/c10-8(11)6-1-2-7(14-6)9(12)3-4-13-5-9/h1-2,12H,3-5H2,(H,10,11). The van der Waals surface area contributed by atoms with Crippen molar-refractivity contribution >= 4 is 5.97 Å². The Morgan fingerprint density at radius 3 is 2.79 bits per heavy atom. The van der Waals surface area contributed by atoms with E-state index in [9.17, 15) is 9.90 Å². The van der Waals surface area contributed by atoms with Crippen molar-refractivity contribution in [1.82, 2.24) is 0 Å². The van der Waals surface area contributed by atoms with Gasteiger partial charge in [0.15, 0.2) is 0 Å². The summed E-state index contributed by atoms with van der Waals surface area (Å²) in [4.78, 5) is 10.5. The largest absolute Gasteiger partial charge is 0.475 e. The molecule has 1 saturated heterocycles. The molecular formula is C9H10O5. The lowest BCUT2D eigenvalue weighted by Gasteiger charge is -2.16. The molecule has 2 heterocycles. The molecular weight excluding hydrogens is 188 g/mol. The van der Waals surface area contributed by atoms with Gasteiger partial charge in [0.1, 0.15) is 11.4 Å². The Bertz CT molecular complexity index is 348. The van der Waals surface area contributed by atoms with Gasteiger partial charge in [-0.25, -0.2) is 4.79 Å². The van der Waals surface area contributed by atoms with Gasteiger partial charge in [-0.05, 0) is 12.1 Å². The third-order valence-electron chi connectivity index (χ3n) is 2.28. The summed E-state index contributed by atoms with van der Waals surface area (Å²) in [6.07, 6.45) is 0.430. The zero-order valence-corrected chi connectivity index (χ0v) is 7.40. The fourth-order valence-electron chi connectivity index (χ4n) is 1.45.